The van der Waals surface area contributed by atoms with Crippen molar-refractivity contribution in [2.24, 2.45) is 5.92 Å². The maximum Gasteiger partial charge on any atom is 0.211 e. The van der Waals surface area contributed by atoms with E-state index in [1.54, 1.807) is 11.4 Å². The lowest BCUT2D eigenvalue weighted by atomic mass is 9.89. The second-order valence-corrected chi connectivity index (χ2v) is 8.07. The van der Waals surface area contributed by atoms with Gasteiger partial charge in [-0.15, -0.1) is 0 Å². The molecule has 0 aromatic carbocycles. The molecule has 0 spiro atoms. The van der Waals surface area contributed by atoms with E-state index >= 15 is 0 Å². The van der Waals surface area contributed by atoms with Crippen molar-refractivity contribution in [1.82, 2.24) is 9.62 Å². The number of sulfonamides is 1. The van der Waals surface area contributed by atoms with E-state index in [9.17, 15) is 8.42 Å². The Labute approximate surface area is 130 Å². The van der Waals surface area contributed by atoms with Crippen molar-refractivity contribution in [1.29, 1.82) is 0 Å². The van der Waals surface area contributed by atoms with Crippen LogP contribution in [-0.2, 0) is 14.8 Å². The molecule has 0 aromatic rings. The minimum atomic E-state index is -3.06. The maximum absolute atomic E-state index is 11.7. The minimum Gasteiger partial charge on any atom is -0.380 e. The van der Waals surface area contributed by atoms with Crippen LogP contribution in [0.4, 0.5) is 0 Å². The molecular formula is C15H32N2O3S. The van der Waals surface area contributed by atoms with Gasteiger partial charge in [-0.2, -0.15) is 0 Å². The summed E-state index contributed by atoms with van der Waals surface area (Å²) in [6.07, 6.45) is 6.71. The van der Waals surface area contributed by atoms with Crippen molar-refractivity contribution in [3.05, 3.63) is 0 Å². The molecule has 0 amide bonds. The van der Waals surface area contributed by atoms with Gasteiger partial charge in [0.1, 0.15) is 0 Å². The summed E-state index contributed by atoms with van der Waals surface area (Å²) >= 11 is 0. The largest absolute Gasteiger partial charge is 0.380 e. The Balaban J connectivity index is 2.65. The molecule has 0 aliphatic carbocycles. The summed E-state index contributed by atoms with van der Waals surface area (Å²) in [5.41, 5.74) is 0. The average Bonchev–Trinajstić information content (AvgIpc) is 2.44. The predicted octanol–water partition coefficient (Wildman–Crippen LogP) is 1.84. The number of methoxy groups -OCH3 is 1. The van der Waals surface area contributed by atoms with Crippen LogP contribution >= 0.6 is 0 Å². The fraction of sp³-hybridized carbons (Fsp3) is 1.00. The lowest BCUT2D eigenvalue weighted by Gasteiger charge is -2.35. The highest BCUT2D eigenvalue weighted by Crippen LogP contribution is 2.25. The third-order valence-corrected chi connectivity index (χ3v) is 5.60. The summed E-state index contributed by atoms with van der Waals surface area (Å²) in [6, 6.07) is 0.310. The lowest BCUT2D eigenvalue weighted by Crippen LogP contribution is -2.46. The normalized spacial score (nSPS) is 23.9. The summed E-state index contributed by atoms with van der Waals surface area (Å²) < 4.78 is 30.7. The predicted molar refractivity (Wildman–Crippen MR) is 86.9 cm³/mol. The average molecular weight is 320 g/mol. The van der Waals surface area contributed by atoms with Crippen LogP contribution in [0.15, 0.2) is 0 Å². The number of piperidine rings is 1. The van der Waals surface area contributed by atoms with E-state index in [0.29, 0.717) is 25.0 Å². The van der Waals surface area contributed by atoms with Gasteiger partial charge in [-0.05, 0) is 38.1 Å². The Kier molecular flexibility index (Phi) is 8.16. The smallest absolute Gasteiger partial charge is 0.211 e. The Morgan fingerprint density at radius 3 is 2.62 bits per heavy atom. The van der Waals surface area contributed by atoms with Gasteiger partial charge in [0.05, 0.1) is 12.4 Å². The van der Waals surface area contributed by atoms with Crippen LogP contribution in [-0.4, -0.2) is 57.9 Å². The van der Waals surface area contributed by atoms with Crippen molar-refractivity contribution in [2.45, 2.75) is 58.1 Å². The van der Waals surface area contributed by atoms with Crippen LogP contribution in [0.3, 0.4) is 0 Å². The quantitative estimate of drug-likeness (QED) is 0.704. The van der Waals surface area contributed by atoms with Gasteiger partial charge in [0.25, 0.3) is 0 Å². The van der Waals surface area contributed by atoms with Crippen LogP contribution < -0.4 is 5.32 Å². The van der Waals surface area contributed by atoms with E-state index in [4.69, 9.17) is 4.74 Å². The molecule has 3 unspecified atom stereocenters. The van der Waals surface area contributed by atoms with Gasteiger partial charge in [0.15, 0.2) is 0 Å². The molecule has 1 heterocycles. The second-order valence-electron chi connectivity index (χ2n) is 6.09. The Hall–Kier alpha value is -0.170. The molecule has 1 fully saturated rings. The van der Waals surface area contributed by atoms with Crippen LogP contribution in [0, 0.1) is 5.92 Å². The Morgan fingerprint density at radius 1 is 1.38 bits per heavy atom. The first-order chi connectivity index (χ1) is 9.92. The molecule has 1 N–H and O–H groups in total. The van der Waals surface area contributed by atoms with Gasteiger partial charge in [-0.25, -0.2) is 12.7 Å². The summed E-state index contributed by atoms with van der Waals surface area (Å²) in [6.45, 7) is 6.51. The first-order valence-corrected chi connectivity index (χ1v) is 9.98. The third-order valence-electron chi connectivity index (χ3n) is 4.33. The van der Waals surface area contributed by atoms with Gasteiger partial charge in [0, 0.05) is 26.2 Å². The number of hydrogen-bond donors (Lipinski definition) is 1. The molecule has 21 heavy (non-hydrogen) atoms. The van der Waals surface area contributed by atoms with Crippen LogP contribution in [0.5, 0.6) is 0 Å². The Morgan fingerprint density at radius 2 is 2.10 bits per heavy atom. The van der Waals surface area contributed by atoms with Crippen LogP contribution in [0.2, 0.25) is 0 Å². The zero-order chi connectivity index (χ0) is 15.9. The van der Waals surface area contributed by atoms with Gasteiger partial charge >= 0.3 is 0 Å². The maximum atomic E-state index is 11.7. The van der Waals surface area contributed by atoms with E-state index in [2.05, 4.69) is 19.2 Å². The third kappa shape index (κ3) is 6.22. The number of rotatable bonds is 9. The number of hydrogen-bond acceptors (Lipinski definition) is 4. The number of ether oxygens (including phenoxy) is 1. The van der Waals surface area contributed by atoms with Crippen LogP contribution in [0.1, 0.15) is 46.0 Å². The highest BCUT2D eigenvalue weighted by atomic mass is 32.2. The SMILES string of the molecule is CCCC(OC)C(CC1CCCN(S(C)(=O)=O)C1)NCC. The second kappa shape index (κ2) is 9.08. The topological polar surface area (TPSA) is 58.6 Å². The van der Waals surface area contributed by atoms with Crippen molar-refractivity contribution in [3.63, 3.8) is 0 Å². The molecule has 0 bridgehead atoms. The molecule has 6 heteroatoms. The van der Waals surface area contributed by atoms with E-state index in [1.165, 1.54) is 6.26 Å². The number of likely N-dealkylation sites (N-methyl/N-ethyl adjacent to an activating group) is 1. The lowest BCUT2D eigenvalue weighted by molar-refractivity contribution is 0.0495. The van der Waals surface area contributed by atoms with Crippen molar-refractivity contribution in [2.75, 3.05) is 33.0 Å². The molecule has 126 valence electrons. The monoisotopic (exact) mass is 320 g/mol. The molecule has 5 nitrogen and oxygen atoms in total. The molecule has 1 rings (SSSR count). The van der Waals surface area contributed by atoms with Gasteiger partial charge < -0.3 is 10.1 Å². The molecule has 1 aliphatic heterocycles. The fourth-order valence-electron chi connectivity index (χ4n) is 3.28. The van der Waals surface area contributed by atoms with Gasteiger partial charge in [-0.1, -0.05) is 20.3 Å². The number of nitrogens with zero attached hydrogens (tertiary/aromatic N) is 1. The summed E-state index contributed by atoms with van der Waals surface area (Å²) in [4.78, 5) is 0. The summed E-state index contributed by atoms with van der Waals surface area (Å²) in [5.74, 6) is 0.423. The number of nitrogens with one attached hydrogen (secondary N) is 1. The summed E-state index contributed by atoms with van der Waals surface area (Å²) in [5, 5.41) is 3.53. The first kappa shape index (κ1) is 18.9. The molecule has 0 aromatic heterocycles. The van der Waals surface area contributed by atoms with Gasteiger partial charge in [-0.3, -0.25) is 0 Å². The molecule has 1 saturated heterocycles. The van der Waals surface area contributed by atoms with Crippen molar-refractivity contribution >= 4 is 10.0 Å². The Bertz CT molecular complexity index is 386. The van der Waals surface area contributed by atoms with E-state index in [1.807, 2.05) is 0 Å². The first-order valence-electron chi connectivity index (χ1n) is 8.13. The standard InChI is InChI=1S/C15H32N2O3S/c1-5-8-15(20-3)14(16-6-2)11-13-9-7-10-17(12-13)21(4,18)19/h13-16H,5-12H2,1-4H3. The summed E-state index contributed by atoms with van der Waals surface area (Å²) in [7, 11) is -1.29. The molecule has 3 atom stereocenters. The molecule has 0 saturated carbocycles. The highest BCUT2D eigenvalue weighted by Gasteiger charge is 2.29. The zero-order valence-electron chi connectivity index (χ0n) is 14.0. The van der Waals surface area contributed by atoms with Crippen LogP contribution in [0.25, 0.3) is 0 Å². The van der Waals surface area contributed by atoms with Crippen molar-refractivity contribution < 1.29 is 13.2 Å². The zero-order valence-corrected chi connectivity index (χ0v) is 14.8. The van der Waals surface area contributed by atoms with E-state index in [0.717, 1.165) is 38.6 Å². The molecule has 0 radical (unpaired) electrons. The molecular weight excluding hydrogens is 288 g/mol. The minimum absolute atomic E-state index is 0.212. The molecule has 1 aliphatic rings. The van der Waals surface area contributed by atoms with E-state index < -0.39 is 10.0 Å². The highest BCUT2D eigenvalue weighted by molar-refractivity contribution is 7.88. The van der Waals surface area contributed by atoms with E-state index in [-0.39, 0.29) is 6.10 Å². The van der Waals surface area contributed by atoms with Gasteiger partial charge in [0.2, 0.25) is 10.0 Å². The van der Waals surface area contributed by atoms with Crippen molar-refractivity contribution in [3.8, 4) is 0 Å². The fourth-order valence-corrected chi connectivity index (χ4v) is 4.22.